The van der Waals surface area contributed by atoms with E-state index in [1.807, 2.05) is 0 Å². The Morgan fingerprint density at radius 1 is 0.263 bits per heavy atom. The molecule has 0 aromatic carbocycles. The number of rotatable bonds is 60. The van der Waals surface area contributed by atoms with Crippen LogP contribution in [0.4, 0.5) is 0 Å². The van der Waals surface area contributed by atoms with E-state index in [0.29, 0.717) is 19.3 Å². The van der Waals surface area contributed by atoms with Crippen molar-refractivity contribution in [3.63, 3.8) is 0 Å². The van der Waals surface area contributed by atoms with Crippen LogP contribution < -0.4 is 0 Å². The van der Waals surface area contributed by atoms with Crippen LogP contribution in [0.3, 0.4) is 0 Å². The first-order valence-corrected chi connectivity index (χ1v) is 33.5. The van der Waals surface area contributed by atoms with Crippen molar-refractivity contribution < 1.29 is 28.6 Å². The van der Waals surface area contributed by atoms with Gasteiger partial charge in [0.1, 0.15) is 13.2 Å². The Balaban J connectivity index is 4.28. The molecule has 456 valence electrons. The fraction of sp³-hybridized carbons (Fsp3) is 0.689. The summed E-state index contributed by atoms with van der Waals surface area (Å²) in [6, 6.07) is 0. The monoisotopic (exact) mass is 1110 g/mol. The third-order valence-corrected chi connectivity index (χ3v) is 14.2. The first-order valence-electron chi connectivity index (χ1n) is 33.5. The van der Waals surface area contributed by atoms with Crippen molar-refractivity contribution in [2.75, 3.05) is 13.2 Å². The van der Waals surface area contributed by atoms with Crippen LogP contribution in [0.5, 0.6) is 0 Å². The van der Waals surface area contributed by atoms with Gasteiger partial charge in [0.05, 0.1) is 0 Å². The van der Waals surface area contributed by atoms with Crippen LogP contribution in [0.1, 0.15) is 310 Å². The van der Waals surface area contributed by atoms with Crippen molar-refractivity contribution in [1.82, 2.24) is 0 Å². The van der Waals surface area contributed by atoms with Crippen molar-refractivity contribution in [1.29, 1.82) is 0 Å². The molecule has 1 atom stereocenters. The predicted octanol–water partition coefficient (Wildman–Crippen LogP) is 23.2. The Bertz CT molecular complexity index is 1650. The number of allylic oxidation sites excluding steroid dienone is 20. The SMILES string of the molecule is CC/C=C\C/C=C\C/C=C\C/C=C\C/C=C\C/C=C\C/C=C\C/C=C\CCCCCCCCCCC(=O)OCC(COC(=O)CCCCCCCCCCCCCCCC)OC(=O)CCCCCCC/C=C\C/C=C\CCCCC. The largest absolute Gasteiger partial charge is 0.462 e. The molecule has 0 aliphatic carbocycles. The normalized spacial score (nSPS) is 12.9. The highest BCUT2D eigenvalue weighted by Gasteiger charge is 2.19. The van der Waals surface area contributed by atoms with E-state index in [4.69, 9.17) is 14.2 Å². The molecule has 0 N–H and O–H groups in total. The third-order valence-electron chi connectivity index (χ3n) is 14.2. The van der Waals surface area contributed by atoms with Crippen molar-refractivity contribution in [3.05, 3.63) is 122 Å². The summed E-state index contributed by atoms with van der Waals surface area (Å²) in [5.41, 5.74) is 0. The summed E-state index contributed by atoms with van der Waals surface area (Å²) >= 11 is 0. The van der Waals surface area contributed by atoms with Gasteiger partial charge in [0.25, 0.3) is 0 Å². The summed E-state index contributed by atoms with van der Waals surface area (Å²) in [6.45, 7) is 6.50. The van der Waals surface area contributed by atoms with Crippen LogP contribution in [0.25, 0.3) is 0 Å². The van der Waals surface area contributed by atoms with Gasteiger partial charge in [0.15, 0.2) is 6.10 Å². The summed E-state index contributed by atoms with van der Waals surface area (Å²) in [5, 5.41) is 0. The van der Waals surface area contributed by atoms with E-state index in [-0.39, 0.29) is 31.1 Å². The fourth-order valence-corrected chi connectivity index (χ4v) is 9.20. The van der Waals surface area contributed by atoms with E-state index >= 15 is 0 Å². The smallest absolute Gasteiger partial charge is 0.306 e. The standard InChI is InChI=1S/C74H124O6/c1-4-7-10-13-16-19-22-25-28-29-30-31-32-33-34-35-36-37-38-39-40-41-42-43-44-45-47-49-52-55-58-61-64-67-73(76)79-70-71(69-78-72(75)66-63-60-57-54-51-48-27-24-21-18-15-12-9-6-3)80-74(77)68-65-62-59-56-53-50-46-26-23-20-17-14-11-8-5-2/h7,10,16-17,19-20,25-26,28,30-31,33-34,36-37,39-40,42-43,46,71H,4-6,8-9,11-15,18,21-24,27,29,32,35,38,41,44-45,47-70H2,1-3H3/b10-7-,19-16-,20-17-,28-25-,31-30-,34-33-,37-36-,40-39-,43-42-,46-26-. The Morgan fingerprint density at radius 3 is 0.787 bits per heavy atom. The number of ether oxygens (including phenoxy) is 3. The lowest BCUT2D eigenvalue weighted by atomic mass is 10.0. The molecule has 0 aliphatic rings. The lowest BCUT2D eigenvalue weighted by molar-refractivity contribution is -0.167. The number of carbonyl (C=O) groups is 3. The number of hydrogen-bond acceptors (Lipinski definition) is 6. The first kappa shape index (κ1) is 75.8. The Labute approximate surface area is 494 Å². The maximum atomic E-state index is 12.9. The molecular weight excluding hydrogens is 985 g/mol. The van der Waals surface area contributed by atoms with E-state index < -0.39 is 6.10 Å². The van der Waals surface area contributed by atoms with Gasteiger partial charge < -0.3 is 14.2 Å². The summed E-state index contributed by atoms with van der Waals surface area (Å²) in [6.07, 6.45) is 93.5. The zero-order valence-corrected chi connectivity index (χ0v) is 52.3. The van der Waals surface area contributed by atoms with Crippen molar-refractivity contribution >= 4 is 17.9 Å². The molecule has 0 aromatic rings. The quantitative estimate of drug-likeness (QED) is 0.0261. The van der Waals surface area contributed by atoms with Crippen LogP contribution >= 0.6 is 0 Å². The van der Waals surface area contributed by atoms with Gasteiger partial charge in [0.2, 0.25) is 0 Å². The molecule has 0 saturated carbocycles. The molecule has 0 saturated heterocycles. The molecule has 6 nitrogen and oxygen atoms in total. The van der Waals surface area contributed by atoms with Gasteiger partial charge in [0, 0.05) is 19.3 Å². The fourth-order valence-electron chi connectivity index (χ4n) is 9.20. The van der Waals surface area contributed by atoms with E-state index in [2.05, 4.69) is 142 Å². The van der Waals surface area contributed by atoms with Gasteiger partial charge in [-0.25, -0.2) is 0 Å². The molecule has 0 rings (SSSR count). The maximum Gasteiger partial charge on any atom is 0.306 e. The van der Waals surface area contributed by atoms with Gasteiger partial charge in [-0.2, -0.15) is 0 Å². The second kappa shape index (κ2) is 67.3. The van der Waals surface area contributed by atoms with Gasteiger partial charge in [-0.1, -0.05) is 296 Å². The van der Waals surface area contributed by atoms with Crippen LogP contribution in [0, 0.1) is 0 Å². The summed E-state index contributed by atoms with van der Waals surface area (Å²) < 4.78 is 16.9. The number of carbonyl (C=O) groups excluding carboxylic acids is 3. The molecule has 0 amide bonds. The van der Waals surface area contributed by atoms with Crippen LogP contribution in [-0.4, -0.2) is 37.2 Å². The highest BCUT2D eigenvalue weighted by molar-refractivity contribution is 5.71. The molecule has 0 bridgehead atoms. The van der Waals surface area contributed by atoms with Crippen LogP contribution in [0.15, 0.2) is 122 Å². The zero-order chi connectivity index (χ0) is 57.8. The third kappa shape index (κ3) is 64.6. The van der Waals surface area contributed by atoms with E-state index in [1.54, 1.807) is 0 Å². The second-order valence-electron chi connectivity index (χ2n) is 22.0. The molecular formula is C74H124O6. The minimum Gasteiger partial charge on any atom is -0.462 e. The Morgan fingerprint density at radius 2 is 0.487 bits per heavy atom. The minimum absolute atomic E-state index is 0.0848. The second-order valence-corrected chi connectivity index (χ2v) is 22.0. The number of hydrogen-bond donors (Lipinski definition) is 0. The molecule has 0 radical (unpaired) electrons. The minimum atomic E-state index is -0.790. The van der Waals surface area contributed by atoms with Gasteiger partial charge >= 0.3 is 17.9 Å². The molecule has 0 fully saturated rings. The first-order chi connectivity index (χ1) is 39.5. The lowest BCUT2D eigenvalue weighted by Crippen LogP contribution is -2.30. The van der Waals surface area contributed by atoms with E-state index in [9.17, 15) is 14.4 Å². The van der Waals surface area contributed by atoms with Crippen LogP contribution in [-0.2, 0) is 28.6 Å². The van der Waals surface area contributed by atoms with Crippen LogP contribution in [0.2, 0.25) is 0 Å². The van der Waals surface area contributed by atoms with Gasteiger partial charge in [-0.15, -0.1) is 0 Å². The summed E-state index contributed by atoms with van der Waals surface area (Å²) in [4.78, 5) is 38.3. The predicted molar refractivity (Wildman–Crippen MR) is 348 cm³/mol. The summed E-state index contributed by atoms with van der Waals surface area (Å²) in [5.74, 6) is -0.899. The van der Waals surface area contributed by atoms with Gasteiger partial charge in [-0.05, 0) is 116 Å². The summed E-state index contributed by atoms with van der Waals surface area (Å²) in [7, 11) is 0. The number of unbranched alkanes of at least 4 members (excludes halogenated alkanes) is 29. The Kier molecular flexibility index (Phi) is 63.8. The molecule has 0 aromatic heterocycles. The lowest BCUT2D eigenvalue weighted by Gasteiger charge is -2.18. The zero-order valence-electron chi connectivity index (χ0n) is 52.3. The average molecular weight is 1110 g/mol. The molecule has 1 unspecified atom stereocenters. The van der Waals surface area contributed by atoms with Crippen molar-refractivity contribution in [2.24, 2.45) is 0 Å². The average Bonchev–Trinajstić information content (AvgIpc) is 3.46. The Hall–Kier alpha value is -4.19. The van der Waals surface area contributed by atoms with Crippen molar-refractivity contribution in [3.8, 4) is 0 Å². The highest BCUT2D eigenvalue weighted by Crippen LogP contribution is 2.16. The molecule has 0 spiro atoms. The van der Waals surface area contributed by atoms with E-state index in [0.717, 1.165) is 141 Å². The van der Waals surface area contributed by atoms with Crippen molar-refractivity contribution in [2.45, 2.75) is 316 Å². The molecule has 80 heavy (non-hydrogen) atoms. The van der Waals surface area contributed by atoms with E-state index in [1.165, 1.54) is 128 Å². The molecule has 0 aliphatic heterocycles. The topological polar surface area (TPSA) is 78.9 Å². The molecule has 0 heterocycles. The van der Waals surface area contributed by atoms with Gasteiger partial charge in [-0.3, -0.25) is 14.4 Å². The highest BCUT2D eigenvalue weighted by atomic mass is 16.6. The maximum absolute atomic E-state index is 12.9. The molecule has 6 heteroatoms. The number of esters is 3.